The number of amides is 3. The molecule has 2 N–H and O–H groups in total. The normalized spacial score (nSPS) is 13.5. The molecule has 0 radical (unpaired) electrons. The highest BCUT2D eigenvalue weighted by Crippen LogP contribution is 2.15. The molecular weight excluding hydrogens is 368 g/mol. The van der Waals surface area contributed by atoms with E-state index in [1.165, 1.54) is 6.07 Å². The van der Waals surface area contributed by atoms with Gasteiger partial charge in [0.05, 0.1) is 6.54 Å². The molecule has 0 aliphatic carbocycles. The van der Waals surface area contributed by atoms with Gasteiger partial charge in [0, 0.05) is 36.8 Å². The minimum atomic E-state index is -1.07. The predicted octanol–water partition coefficient (Wildman–Crippen LogP) is 2.46. The Hall–Kier alpha value is -3.29. The zero-order valence-electron chi connectivity index (χ0n) is 15.0. The molecule has 1 aliphatic rings. The number of hydrogen-bond donors (Lipinski definition) is 2. The number of anilines is 1. The van der Waals surface area contributed by atoms with Gasteiger partial charge in [-0.05, 0) is 36.2 Å². The Bertz CT molecular complexity index is 900. The van der Waals surface area contributed by atoms with Crippen molar-refractivity contribution in [3.8, 4) is 0 Å². The van der Waals surface area contributed by atoms with E-state index >= 15 is 0 Å². The molecule has 28 heavy (non-hydrogen) atoms. The monoisotopic (exact) mass is 387 g/mol. The van der Waals surface area contributed by atoms with Crippen LogP contribution in [0.5, 0.6) is 0 Å². The van der Waals surface area contributed by atoms with Gasteiger partial charge < -0.3 is 15.5 Å². The Labute approximate surface area is 160 Å². The van der Waals surface area contributed by atoms with E-state index in [0.717, 1.165) is 30.7 Å². The zero-order chi connectivity index (χ0) is 20.1. The van der Waals surface area contributed by atoms with Crippen molar-refractivity contribution in [2.75, 3.05) is 18.4 Å². The maximum Gasteiger partial charge on any atom is 0.251 e. The third-order valence-electron chi connectivity index (χ3n) is 4.37. The standard InChI is InChI=1S/C20H19F2N3O3/c21-16-8-7-15(10-17(16)22)24-18(26)11-23-20(28)14-5-3-13(4-6-14)12-25-9-1-2-19(25)27/h3-8,10H,1-2,9,11-12H2,(H,23,28)(H,24,26). The average Bonchev–Trinajstić information content (AvgIpc) is 3.08. The number of carbonyl (C=O) groups excluding carboxylic acids is 3. The van der Waals surface area contributed by atoms with Gasteiger partial charge in [0.1, 0.15) is 0 Å². The van der Waals surface area contributed by atoms with E-state index in [2.05, 4.69) is 10.6 Å². The van der Waals surface area contributed by atoms with Crippen LogP contribution >= 0.6 is 0 Å². The molecule has 0 spiro atoms. The van der Waals surface area contributed by atoms with Crippen LogP contribution in [-0.4, -0.2) is 35.7 Å². The summed E-state index contributed by atoms with van der Waals surface area (Å²) in [5.41, 5.74) is 1.39. The van der Waals surface area contributed by atoms with E-state index in [9.17, 15) is 23.2 Å². The fourth-order valence-electron chi connectivity index (χ4n) is 2.89. The molecule has 8 heteroatoms. The number of benzene rings is 2. The van der Waals surface area contributed by atoms with Crippen molar-refractivity contribution in [2.24, 2.45) is 0 Å². The van der Waals surface area contributed by atoms with E-state index in [1.54, 1.807) is 29.2 Å². The highest BCUT2D eigenvalue weighted by Gasteiger charge is 2.20. The second kappa shape index (κ2) is 8.60. The smallest absolute Gasteiger partial charge is 0.251 e. The van der Waals surface area contributed by atoms with Gasteiger partial charge in [-0.3, -0.25) is 14.4 Å². The van der Waals surface area contributed by atoms with Crippen LogP contribution < -0.4 is 10.6 Å². The first-order chi connectivity index (χ1) is 13.4. The number of likely N-dealkylation sites (tertiary alicyclic amines) is 1. The van der Waals surface area contributed by atoms with E-state index in [0.29, 0.717) is 18.5 Å². The van der Waals surface area contributed by atoms with Crippen molar-refractivity contribution >= 4 is 23.4 Å². The molecule has 2 aromatic carbocycles. The van der Waals surface area contributed by atoms with Crippen molar-refractivity contribution in [2.45, 2.75) is 19.4 Å². The number of nitrogens with zero attached hydrogens (tertiary/aromatic N) is 1. The summed E-state index contributed by atoms with van der Waals surface area (Å²) in [6.45, 7) is 0.938. The molecule has 6 nitrogen and oxygen atoms in total. The summed E-state index contributed by atoms with van der Waals surface area (Å²) in [4.78, 5) is 37.4. The van der Waals surface area contributed by atoms with Gasteiger partial charge in [0.2, 0.25) is 11.8 Å². The molecule has 2 aromatic rings. The molecule has 1 aliphatic heterocycles. The van der Waals surface area contributed by atoms with Crippen molar-refractivity contribution in [3.05, 3.63) is 65.2 Å². The van der Waals surface area contributed by atoms with Gasteiger partial charge in [-0.25, -0.2) is 8.78 Å². The highest BCUT2D eigenvalue weighted by atomic mass is 19.2. The lowest BCUT2D eigenvalue weighted by atomic mass is 10.1. The summed E-state index contributed by atoms with van der Waals surface area (Å²) in [6.07, 6.45) is 1.44. The molecule has 3 rings (SSSR count). The summed E-state index contributed by atoms with van der Waals surface area (Å²) in [5.74, 6) is -2.96. The van der Waals surface area contributed by atoms with Crippen LogP contribution in [0.3, 0.4) is 0 Å². The van der Waals surface area contributed by atoms with E-state index in [4.69, 9.17) is 0 Å². The van der Waals surface area contributed by atoms with Crippen molar-refractivity contribution < 1.29 is 23.2 Å². The Balaban J connectivity index is 1.49. The van der Waals surface area contributed by atoms with Gasteiger partial charge in [-0.1, -0.05) is 12.1 Å². The zero-order valence-corrected chi connectivity index (χ0v) is 15.0. The van der Waals surface area contributed by atoms with E-state index in [1.807, 2.05) is 0 Å². The fourth-order valence-corrected chi connectivity index (χ4v) is 2.89. The first-order valence-electron chi connectivity index (χ1n) is 8.82. The molecule has 1 fully saturated rings. The molecule has 0 aromatic heterocycles. The predicted molar refractivity (Wildman–Crippen MR) is 98.4 cm³/mol. The topological polar surface area (TPSA) is 78.5 Å². The summed E-state index contributed by atoms with van der Waals surface area (Å²) in [6, 6.07) is 9.77. The van der Waals surface area contributed by atoms with Crippen molar-refractivity contribution in [1.82, 2.24) is 10.2 Å². The van der Waals surface area contributed by atoms with Gasteiger partial charge in [0.25, 0.3) is 5.91 Å². The van der Waals surface area contributed by atoms with Crippen LogP contribution in [0.15, 0.2) is 42.5 Å². The quantitative estimate of drug-likeness (QED) is 0.799. The Morgan fingerprint density at radius 3 is 2.43 bits per heavy atom. The number of halogens is 2. The summed E-state index contributed by atoms with van der Waals surface area (Å²) >= 11 is 0. The van der Waals surface area contributed by atoms with Crippen LogP contribution in [0.4, 0.5) is 14.5 Å². The molecule has 0 bridgehead atoms. The number of carbonyl (C=O) groups is 3. The number of hydrogen-bond acceptors (Lipinski definition) is 3. The third kappa shape index (κ3) is 4.91. The lowest BCUT2D eigenvalue weighted by Crippen LogP contribution is -2.32. The average molecular weight is 387 g/mol. The van der Waals surface area contributed by atoms with Crippen LogP contribution in [-0.2, 0) is 16.1 Å². The summed E-state index contributed by atoms with van der Waals surface area (Å²) in [7, 11) is 0. The largest absolute Gasteiger partial charge is 0.343 e. The summed E-state index contributed by atoms with van der Waals surface area (Å²) < 4.78 is 26.0. The van der Waals surface area contributed by atoms with E-state index < -0.39 is 23.4 Å². The van der Waals surface area contributed by atoms with Crippen LogP contribution in [0.1, 0.15) is 28.8 Å². The van der Waals surface area contributed by atoms with Crippen molar-refractivity contribution in [3.63, 3.8) is 0 Å². The Kier molecular flexibility index (Phi) is 5.98. The molecule has 3 amide bonds. The van der Waals surface area contributed by atoms with E-state index in [-0.39, 0.29) is 18.1 Å². The molecule has 0 unspecified atom stereocenters. The lowest BCUT2D eigenvalue weighted by Gasteiger charge is -2.15. The maximum atomic E-state index is 13.1. The second-order valence-electron chi connectivity index (χ2n) is 6.48. The van der Waals surface area contributed by atoms with Crippen molar-refractivity contribution in [1.29, 1.82) is 0 Å². The molecule has 1 heterocycles. The van der Waals surface area contributed by atoms with Crippen LogP contribution in [0.25, 0.3) is 0 Å². The van der Waals surface area contributed by atoms with Gasteiger partial charge in [-0.2, -0.15) is 0 Å². The SMILES string of the molecule is O=C(CNC(=O)c1ccc(CN2CCCC2=O)cc1)Nc1ccc(F)c(F)c1. The third-order valence-corrected chi connectivity index (χ3v) is 4.37. The van der Waals surface area contributed by atoms with Gasteiger partial charge >= 0.3 is 0 Å². The first kappa shape index (κ1) is 19.5. The fraction of sp³-hybridized carbons (Fsp3) is 0.250. The van der Waals surface area contributed by atoms with Crippen LogP contribution in [0, 0.1) is 11.6 Å². The lowest BCUT2D eigenvalue weighted by molar-refractivity contribution is -0.128. The molecular formula is C20H19F2N3O3. The maximum absolute atomic E-state index is 13.1. The highest BCUT2D eigenvalue weighted by molar-refractivity contribution is 5.99. The first-order valence-corrected chi connectivity index (χ1v) is 8.82. The van der Waals surface area contributed by atoms with Gasteiger partial charge in [-0.15, -0.1) is 0 Å². The molecule has 0 saturated carbocycles. The van der Waals surface area contributed by atoms with Crippen LogP contribution in [0.2, 0.25) is 0 Å². The Morgan fingerprint density at radius 2 is 1.79 bits per heavy atom. The Morgan fingerprint density at radius 1 is 1.04 bits per heavy atom. The number of rotatable bonds is 6. The minimum Gasteiger partial charge on any atom is -0.343 e. The molecule has 146 valence electrons. The molecule has 1 saturated heterocycles. The second-order valence-corrected chi connectivity index (χ2v) is 6.48. The van der Waals surface area contributed by atoms with Gasteiger partial charge in [0.15, 0.2) is 11.6 Å². The molecule has 0 atom stereocenters. The summed E-state index contributed by atoms with van der Waals surface area (Å²) in [5, 5.41) is 4.83. The minimum absolute atomic E-state index is 0.0963. The number of nitrogens with one attached hydrogen (secondary N) is 2.